The first-order chi connectivity index (χ1) is 9.49. The number of aliphatic hydroxyl groups is 1. The summed E-state index contributed by atoms with van der Waals surface area (Å²) in [5.41, 5.74) is -0.326. The highest BCUT2D eigenvalue weighted by molar-refractivity contribution is 5.96. The van der Waals surface area contributed by atoms with E-state index in [1.165, 1.54) is 18.2 Å². The predicted octanol–water partition coefficient (Wildman–Crippen LogP) is 1.87. The van der Waals surface area contributed by atoms with Crippen molar-refractivity contribution in [3.63, 3.8) is 0 Å². The molecule has 7 heteroatoms. The van der Waals surface area contributed by atoms with E-state index in [0.29, 0.717) is 13.0 Å². The number of carboxylic acids is 1. The van der Waals surface area contributed by atoms with Gasteiger partial charge in [0.15, 0.2) is 0 Å². The van der Waals surface area contributed by atoms with Crippen LogP contribution in [0.3, 0.4) is 0 Å². The molecule has 0 aliphatic heterocycles. The van der Waals surface area contributed by atoms with Crippen molar-refractivity contribution < 1.29 is 19.9 Å². The molecule has 1 aromatic rings. The smallest absolute Gasteiger partial charge is 0.338 e. The van der Waals surface area contributed by atoms with Crippen molar-refractivity contribution in [3.8, 4) is 0 Å². The third-order valence-corrected chi connectivity index (χ3v) is 3.55. The summed E-state index contributed by atoms with van der Waals surface area (Å²) in [6, 6.07) is 3.96. The van der Waals surface area contributed by atoms with Gasteiger partial charge in [0.1, 0.15) is 5.69 Å². The zero-order chi connectivity index (χ0) is 14.7. The number of nitrogens with one attached hydrogen (secondary N) is 1. The number of hydrogen-bond acceptors (Lipinski definition) is 5. The van der Waals surface area contributed by atoms with Crippen LogP contribution in [0.1, 0.15) is 29.6 Å². The molecule has 0 spiro atoms. The van der Waals surface area contributed by atoms with Gasteiger partial charge in [0.05, 0.1) is 16.6 Å². The highest BCUT2D eigenvalue weighted by atomic mass is 16.6. The average molecular weight is 280 g/mol. The van der Waals surface area contributed by atoms with E-state index in [9.17, 15) is 20.0 Å². The molecule has 1 aliphatic rings. The molecule has 1 fully saturated rings. The summed E-state index contributed by atoms with van der Waals surface area (Å²) in [5, 5.41) is 32.4. The van der Waals surface area contributed by atoms with E-state index in [1.54, 1.807) is 0 Å². The standard InChI is InChI=1S/C13H16N2O5/c16-9-5-4-8(6-9)7-14-12-10(13(17)18)2-1-3-11(12)15(19)20/h1-3,8-9,14,16H,4-7H2,(H,17,18). The minimum absolute atomic E-state index is 0.0337. The molecule has 1 aliphatic carbocycles. The molecule has 2 rings (SSSR count). The van der Waals surface area contributed by atoms with Crippen LogP contribution in [-0.4, -0.2) is 33.8 Å². The number of carboxylic acid groups (broad SMARTS) is 1. The van der Waals surface area contributed by atoms with Gasteiger partial charge in [-0.1, -0.05) is 6.07 Å². The fraction of sp³-hybridized carbons (Fsp3) is 0.462. The van der Waals surface area contributed by atoms with Gasteiger partial charge >= 0.3 is 5.97 Å². The van der Waals surface area contributed by atoms with E-state index in [1.807, 2.05) is 0 Å². The van der Waals surface area contributed by atoms with Crippen molar-refractivity contribution in [2.45, 2.75) is 25.4 Å². The largest absolute Gasteiger partial charge is 0.478 e. The fourth-order valence-electron chi connectivity index (χ4n) is 2.54. The SMILES string of the molecule is O=C(O)c1cccc([N+](=O)[O-])c1NCC1CCC(O)C1. The molecule has 0 bridgehead atoms. The van der Waals surface area contributed by atoms with Crippen molar-refractivity contribution in [3.05, 3.63) is 33.9 Å². The quantitative estimate of drug-likeness (QED) is 0.560. The monoisotopic (exact) mass is 280 g/mol. The second kappa shape index (κ2) is 5.87. The van der Waals surface area contributed by atoms with Crippen LogP contribution in [0, 0.1) is 16.0 Å². The van der Waals surface area contributed by atoms with Gasteiger partial charge in [-0.25, -0.2) is 4.79 Å². The molecule has 0 saturated heterocycles. The highest BCUT2D eigenvalue weighted by Crippen LogP contribution is 2.31. The molecule has 108 valence electrons. The number of hydrogen-bond donors (Lipinski definition) is 3. The van der Waals surface area contributed by atoms with E-state index in [-0.39, 0.29) is 29.0 Å². The molecule has 7 nitrogen and oxygen atoms in total. The minimum Gasteiger partial charge on any atom is -0.478 e. The van der Waals surface area contributed by atoms with Gasteiger partial charge in [0.2, 0.25) is 0 Å². The Bertz CT molecular complexity index is 499. The van der Waals surface area contributed by atoms with E-state index < -0.39 is 10.9 Å². The molecule has 2 unspecified atom stereocenters. The van der Waals surface area contributed by atoms with Crippen molar-refractivity contribution in [2.75, 3.05) is 11.9 Å². The Morgan fingerprint density at radius 3 is 2.75 bits per heavy atom. The van der Waals surface area contributed by atoms with E-state index >= 15 is 0 Å². The molecule has 1 aromatic carbocycles. The summed E-state index contributed by atoms with van der Waals surface area (Å²) in [5.74, 6) is -1.01. The number of nitrogens with zero attached hydrogens (tertiary/aromatic N) is 1. The first-order valence-electron chi connectivity index (χ1n) is 6.41. The molecular formula is C13H16N2O5. The molecular weight excluding hydrogens is 264 g/mol. The number of aromatic carboxylic acids is 1. The number of nitro benzene ring substituents is 1. The summed E-state index contributed by atoms with van der Waals surface area (Å²) in [6.07, 6.45) is 1.86. The normalized spacial score (nSPS) is 21.6. The van der Waals surface area contributed by atoms with Crippen LogP contribution in [0.25, 0.3) is 0 Å². The predicted molar refractivity (Wildman–Crippen MR) is 71.9 cm³/mol. The first-order valence-corrected chi connectivity index (χ1v) is 6.41. The van der Waals surface area contributed by atoms with Crippen LogP contribution in [0.15, 0.2) is 18.2 Å². The molecule has 0 amide bonds. The highest BCUT2D eigenvalue weighted by Gasteiger charge is 2.25. The maximum atomic E-state index is 11.1. The number of nitro groups is 1. The Morgan fingerprint density at radius 1 is 1.45 bits per heavy atom. The number of anilines is 1. The molecule has 2 atom stereocenters. The lowest BCUT2D eigenvalue weighted by Gasteiger charge is -2.14. The lowest BCUT2D eigenvalue weighted by Crippen LogP contribution is -2.16. The van der Waals surface area contributed by atoms with Crippen LogP contribution < -0.4 is 5.32 Å². The van der Waals surface area contributed by atoms with E-state index in [4.69, 9.17) is 5.11 Å². The summed E-state index contributed by atoms with van der Waals surface area (Å²) >= 11 is 0. The van der Waals surface area contributed by atoms with Crippen LogP contribution in [-0.2, 0) is 0 Å². The van der Waals surface area contributed by atoms with Gasteiger partial charge in [-0.3, -0.25) is 10.1 Å². The summed E-state index contributed by atoms with van der Waals surface area (Å²) in [7, 11) is 0. The van der Waals surface area contributed by atoms with Crippen LogP contribution in [0.5, 0.6) is 0 Å². The van der Waals surface area contributed by atoms with Crippen LogP contribution >= 0.6 is 0 Å². The number of carbonyl (C=O) groups is 1. The lowest BCUT2D eigenvalue weighted by atomic mass is 10.1. The van der Waals surface area contributed by atoms with Crippen molar-refractivity contribution in [2.24, 2.45) is 5.92 Å². The third-order valence-electron chi connectivity index (χ3n) is 3.55. The first kappa shape index (κ1) is 14.3. The maximum absolute atomic E-state index is 11.1. The second-order valence-corrected chi connectivity index (χ2v) is 4.98. The molecule has 0 aromatic heterocycles. The fourth-order valence-corrected chi connectivity index (χ4v) is 2.54. The Balaban J connectivity index is 2.19. The van der Waals surface area contributed by atoms with E-state index in [2.05, 4.69) is 5.32 Å². The Kier molecular flexibility index (Phi) is 4.19. The molecule has 0 heterocycles. The van der Waals surface area contributed by atoms with Crippen LogP contribution in [0.4, 0.5) is 11.4 Å². The van der Waals surface area contributed by atoms with Crippen LogP contribution in [0.2, 0.25) is 0 Å². The third kappa shape index (κ3) is 3.05. The van der Waals surface area contributed by atoms with Gasteiger partial charge in [-0.05, 0) is 31.2 Å². The van der Waals surface area contributed by atoms with Crippen molar-refractivity contribution in [1.82, 2.24) is 0 Å². The van der Waals surface area contributed by atoms with Crippen molar-refractivity contribution in [1.29, 1.82) is 0 Å². The van der Waals surface area contributed by atoms with Gasteiger partial charge in [-0.2, -0.15) is 0 Å². The Labute approximate surface area is 115 Å². The minimum atomic E-state index is -1.21. The summed E-state index contributed by atoms with van der Waals surface area (Å²) < 4.78 is 0. The molecule has 1 saturated carbocycles. The molecule has 20 heavy (non-hydrogen) atoms. The average Bonchev–Trinajstić information content (AvgIpc) is 2.81. The number of rotatable bonds is 5. The van der Waals surface area contributed by atoms with Gasteiger partial charge in [-0.15, -0.1) is 0 Å². The summed E-state index contributed by atoms with van der Waals surface area (Å²) in [4.78, 5) is 21.5. The van der Waals surface area contributed by atoms with Crippen molar-refractivity contribution >= 4 is 17.3 Å². The zero-order valence-corrected chi connectivity index (χ0v) is 10.8. The van der Waals surface area contributed by atoms with Gasteiger partial charge in [0.25, 0.3) is 5.69 Å². The van der Waals surface area contributed by atoms with E-state index in [0.717, 1.165) is 12.8 Å². The molecule has 0 radical (unpaired) electrons. The van der Waals surface area contributed by atoms with Gasteiger partial charge in [0, 0.05) is 12.6 Å². The Morgan fingerprint density at radius 2 is 2.20 bits per heavy atom. The lowest BCUT2D eigenvalue weighted by molar-refractivity contribution is -0.384. The maximum Gasteiger partial charge on any atom is 0.338 e. The number of aliphatic hydroxyl groups excluding tert-OH is 1. The number of para-hydroxylation sites is 1. The summed E-state index contributed by atoms with van der Waals surface area (Å²) in [6.45, 7) is 0.419. The van der Waals surface area contributed by atoms with Gasteiger partial charge < -0.3 is 15.5 Å². The zero-order valence-electron chi connectivity index (χ0n) is 10.8. The topological polar surface area (TPSA) is 113 Å². The second-order valence-electron chi connectivity index (χ2n) is 4.98. The Hall–Kier alpha value is -2.15. The molecule has 3 N–H and O–H groups in total. The number of benzene rings is 1.